The summed E-state index contributed by atoms with van der Waals surface area (Å²) in [5.41, 5.74) is 1.30. The highest BCUT2D eigenvalue weighted by Crippen LogP contribution is 2.24. The van der Waals surface area contributed by atoms with Crippen LogP contribution in [0.2, 0.25) is 0 Å². The summed E-state index contributed by atoms with van der Waals surface area (Å²) in [7, 11) is 1.64. The van der Waals surface area contributed by atoms with Gasteiger partial charge in [0.25, 0.3) is 0 Å². The third kappa shape index (κ3) is 2.44. The highest BCUT2D eigenvalue weighted by atomic mass is 16.5. The lowest BCUT2D eigenvalue weighted by molar-refractivity contribution is 0.0699. The van der Waals surface area contributed by atoms with E-state index in [-0.39, 0.29) is 11.6 Å². The highest BCUT2D eigenvalue weighted by molar-refractivity contribution is 6.00. The Kier molecular flexibility index (Phi) is 3.80. The standard InChI is InChI=1S/C13H17N3O3/c1-8(2)11(7-19-3)16-10-6-4-5-9(13(17)18)12(10)14-15-16/h4-6,8,11H,7H2,1-3H3,(H,17,18). The van der Waals surface area contributed by atoms with Gasteiger partial charge >= 0.3 is 5.97 Å². The van der Waals surface area contributed by atoms with E-state index >= 15 is 0 Å². The topological polar surface area (TPSA) is 77.2 Å². The Morgan fingerprint density at radius 1 is 1.47 bits per heavy atom. The van der Waals surface area contributed by atoms with Crippen molar-refractivity contribution in [2.24, 2.45) is 5.92 Å². The Morgan fingerprint density at radius 2 is 2.21 bits per heavy atom. The molecule has 0 saturated carbocycles. The summed E-state index contributed by atoms with van der Waals surface area (Å²) < 4.78 is 6.96. The number of hydrogen-bond acceptors (Lipinski definition) is 4. The Hall–Kier alpha value is -1.95. The Labute approximate surface area is 111 Å². The van der Waals surface area contributed by atoms with Gasteiger partial charge in [-0.25, -0.2) is 9.48 Å². The molecule has 1 aromatic carbocycles. The van der Waals surface area contributed by atoms with Gasteiger partial charge < -0.3 is 9.84 Å². The number of ether oxygens (including phenoxy) is 1. The third-order valence-electron chi connectivity index (χ3n) is 3.15. The monoisotopic (exact) mass is 263 g/mol. The van der Waals surface area contributed by atoms with Crippen molar-refractivity contribution >= 4 is 17.0 Å². The van der Waals surface area contributed by atoms with Gasteiger partial charge in [-0.05, 0) is 18.1 Å². The zero-order chi connectivity index (χ0) is 14.0. The quantitative estimate of drug-likeness (QED) is 0.892. The molecule has 0 amide bonds. The number of fused-ring (bicyclic) bond motifs is 1. The molecule has 6 nitrogen and oxygen atoms in total. The first-order valence-corrected chi connectivity index (χ1v) is 6.12. The summed E-state index contributed by atoms with van der Waals surface area (Å²) in [5, 5.41) is 17.2. The molecule has 0 aliphatic carbocycles. The van der Waals surface area contributed by atoms with Gasteiger partial charge in [-0.1, -0.05) is 25.1 Å². The second-order valence-electron chi connectivity index (χ2n) is 4.78. The van der Waals surface area contributed by atoms with Crippen LogP contribution in [0.4, 0.5) is 0 Å². The molecule has 2 aromatic rings. The van der Waals surface area contributed by atoms with Crippen LogP contribution in [-0.2, 0) is 4.74 Å². The summed E-state index contributed by atoms with van der Waals surface area (Å²) in [6.07, 6.45) is 0. The van der Waals surface area contributed by atoms with Crippen LogP contribution in [0.5, 0.6) is 0 Å². The summed E-state index contributed by atoms with van der Waals surface area (Å²) >= 11 is 0. The van der Waals surface area contributed by atoms with Crippen LogP contribution in [0.3, 0.4) is 0 Å². The van der Waals surface area contributed by atoms with E-state index in [1.807, 2.05) is 6.07 Å². The van der Waals surface area contributed by atoms with Crippen molar-refractivity contribution in [1.29, 1.82) is 0 Å². The average Bonchev–Trinajstić information content (AvgIpc) is 2.78. The first-order chi connectivity index (χ1) is 9.06. The van der Waals surface area contributed by atoms with Crippen LogP contribution in [0.1, 0.15) is 30.2 Å². The van der Waals surface area contributed by atoms with Crippen molar-refractivity contribution in [3.8, 4) is 0 Å². The van der Waals surface area contributed by atoms with Gasteiger partial charge in [0.1, 0.15) is 5.52 Å². The Balaban J connectivity index is 2.56. The van der Waals surface area contributed by atoms with Gasteiger partial charge in [-0.2, -0.15) is 0 Å². The summed E-state index contributed by atoms with van der Waals surface area (Å²) in [4.78, 5) is 11.2. The second-order valence-corrected chi connectivity index (χ2v) is 4.78. The van der Waals surface area contributed by atoms with Gasteiger partial charge in [0.05, 0.1) is 23.7 Å². The van der Waals surface area contributed by atoms with Crippen molar-refractivity contribution in [2.75, 3.05) is 13.7 Å². The number of methoxy groups -OCH3 is 1. The van der Waals surface area contributed by atoms with Crippen molar-refractivity contribution in [1.82, 2.24) is 15.0 Å². The lowest BCUT2D eigenvalue weighted by Gasteiger charge is -2.20. The van der Waals surface area contributed by atoms with Crippen LogP contribution < -0.4 is 0 Å². The van der Waals surface area contributed by atoms with Crippen LogP contribution in [-0.4, -0.2) is 39.8 Å². The fraction of sp³-hybridized carbons (Fsp3) is 0.462. The maximum Gasteiger partial charge on any atom is 0.338 e. The summed E-state index contributed by atoms with van der Waals surface area (Å²) in [5.74, 6) is -0.691. The summed E-state index contributed by atoms with van der Waals surface area (Å²) in [6, 6.07) is 5.09. The Bertz CT molecular complexity index is 592. The number of carboxylic acid groups (broad SMARTS) is 1. The van der Waals surface area contributed by atoms with Crippen LogP contribution in [0.15, 0.2) is 18.2 Å². The lowest BCUT2D eigenvalue weighted by Crippen LogP contribution is -2.21. The van der Waals surface area contributed by atoms with Crippen LogP contribution >= 0.6 is 0 Å². The van der Waals surface area contributed by atoms with Gasteiger partial charge in [-0.3, -0.25) is 0 Å². The molecular formula is C13H17N3O3. The average molecular weight is 263 g/mol. The maximum absolute atomic E-state index is 11.2. The van der Waals surface area contributed by atoms with E-state index in [0.29, 0.717) is 18.0 Å². The molecule has 1 unspecified atom stereocenters. The van der Waals surface area contributed by atoms with Gasteiger partial charge in [-0.15, -0.1) is 5.10 Å². The highest BCUT2D eigenvalue weighted by Gasteiger charge is 2.21. The molecule has 2 rings (SSSR count). The van der Waals surface area contributed by atoms with E-state index in [4.69, 9.17) is 9.84 Å². The molecule has 0 spiro atoms. The maximum atomic E-state index is 11.2. The number of rotatable bonds is 5. The van der Waals surface area contributed by atoms with Crippen molar-refractivity contribution in [3.63, 3.8) is 0 Å². The molecule has 0 bridgehead atoms. The molecule has 1 N–H and O–H groups in total. The van der Waals surface area contributed by atoms with E-state index in [0.717, 1.165) is 5.52 Å². The predicted molar refractivity (Wildman–Crippen MR) is 70.2 cm³/mol. The smallest absolute Gasteiger partial charge is 0.338 e. The zero-order valence-corrected chi connectivity index (χ0v) is 11.2. The number of carbonyl (C=O) groups is 1. The number of nitrogens with zero attached hydrogens (tertiary/aromatic N) is 3. The minimum Gasteiger partial charge on any atom is -0.478 e. The molecule has 0 aliphatic heterocycles. The molecule has 0 radical (unpaired) electrons. The lowest BCUT2D eigenvalue weighted by atomic mass is 10.1. The summed E-state index contributed by atoms with van der Waals surface area (Å²) in [6.45, 7) is 4.64. The van der Waals surface area contributed by atoms with Crippen LogP contribution in [0.25, 0.3) is 11.0 Å². The zero-order valence-electron chi connectivity index (χ0n) is 11.2. The number of hydrogen-bond donors (Lipinski definition) is 1. The molecule has 1 heterocycles. The fourth-order valence-electron chi connectivity index (χ4n) is 2.10. The van der Waals surface area contributed by atoms with E-state index in [2.05, 4.69) is 24.2 Å². The van der Waals surface area contributed by atoms with E-state index in [1.165, 1.54) is 6.07 Å². The molecular weight excluding hydrogens is 246 g/mol. The van der Waals surface area contributed by atoms with Gasteiger partial charge in [0.15, 0.2) is 0 Å². The minimum atomic E-state index is -0.995. The predicted octanol–water partition coefficient (Wildman–Crippen LogP) is 1.97. The molecule has 6 heteroatoms. The van der Waals surface area contributed by atoms with E-state index in [9.17, 15) is 4.79 Å². The largest absolute Gasteiger partial charge is 0.478 e. The molecule has 102 valence electrons. The van der Waals surface area contributed by atoms with E-state index in [1.54, 1.807) is 17.9 Å². The van der Waals surface area contributed by atoms with Crippen molar-refractivity contribution < 1.29 is 14.6 Å². The molecule has 0 aliphatic rings. The molecule has 1 atom stereocenters. The number of aromatic carboxylic acids is 1. The normalized spacial score (nSPS) is 13.1. The minimum absolute atomic E-state index is 0.0269. The van der Waals surface area contributed by atoms with Gasteiger partial charge in [0, 0.05) is 7.11 Å². The van der Waals surface area contributed by atoms with Crippen molar-refractivity contribution in [3.05, 3.63) is 23.8 Å². The number of aromatic nitrogens is 3. The number of carboxylic acids is 1. The molecule has 1 aromatic heterocycles. The first-order valence-electron chi connectivity index (χ1n) is 6.12. The fourth-order valence-corrected chi connectivity index (χ4v) is 2.10. The second kappa shape index (κ2) is 5.36. The SMILES string of the molecule is COCC(C(C)C)n1nnc2c(C(=O)O)cccc21. The molecule has 19 heavy (non-hydrogen) atoms. The molecule has 0 fully saturated rings. The number of benzene rings is 1. The van der Waals surface area contributed by atoms with E-state index < -0.39 is 5.97 Å². The van der Waals surface area contributed by atoms with Gasteiger partial charge in [0.2, 0.25) is 0 Å². The Morgan fingerprint density at radius 3 is 2.79 bits per heavy atom. The third-order valence-corrected chi connectivity index (χ3v) is 3.15. The van der Waals surface area contributed by atoms with Crippen molar-refractivity contribution in [2.45, 2.75) is 19.9 Å². The first kappa shape index (κ1) is 13.5. The molecule has 0 saturated heterocycles. The van der Waals surface area contributed by atoms with Crippen LogP contribution in [0, 0.1) is 5.92 Å².